The van der Waals surface area contributed by atoms with Crippen LogP contribution in [0.25, 0.3) is 0 Å². The van der Waals surface area contributed by atoms with E-state index in [0.29, 0.717) is 6.42 Å². The normalized spacial score (nSPS) is 47.9. The SMILES string of the molecule is C[C@]12C=CC(=O)C=C1CCC1C2[C@@H](O)C[C@@]2(C)C1C[C@H]1CN(C(=O)O)O[C@]12C(=O)CO. The standard InChI is InChI=1S/C23H29NO7/c1-21-6-5-14(26)7-12(21)3-4-15-16-8-13-10-24(20(29)30)31-23(13,18(28)11-25)22(16,2)9-17(27)19(15)21/h5-7,13,15-17,19,25,27H,3-4,8-11H2,1-2H3,(H,29,30)/t13-,15?,16?,17-,19?,21-,22-,23-/m0/s1. The number of carbonyl (C=O) groups excluding carboxylic acids is 2. The van der Waals surface area contributed by atoms with Gasteiger partial charge < -0.3 is 15.3 Å². The fraction of sp³-hybridized carbons (Fsp3) is 0.696. The maximum atomic E-state index is 13.1. The molecule has 3 saturated carbocycles. The summed E-state index contributed by atoms with van der Waals surface area (Å²) in [6.45, 7) is 3.35. The summed E-state index contributed by atoms with van der Waals surface area (Å²) in [5.74, 6) is -0.844. The molecule has 3 unspecified atom stereocenters. The summed E-state index contributed by atoms with van der Waals surface area (Å²) in [6, 6.07) is 0. The first kappa shape index (κ1) is 20.8. The number of Topliss-reactive ketones (excluding diaryl/α,β-unsaturated/α-hetero) is 1. The molecule has 0 spiro atoms. The molecule has 0 aromatic carbocycles. The molecule has 0 aromatic rings. The lowest BCUT2D eigenvalue weighted by Crippen LogP contribution is -2.63. The monoisotopic (exact) mass is 431 g/mol. The molecule has 31 heavy (non-hydrogen) atoms. The quantitative estimate of drug-likeness (QED) is 0.608. The van der Waals surface area contributed by atoms with Crippen LogP contribution in [0.4, 0.5) is 4.79 Å². The number of carboxylic acid groups (broad SMARTS) is 1. The fourth-order valence-electron chi connectivity index (χ4n) is 8.10. The molecule has 168 valence electrons. The molecule has 0 aromatic heterocycles. The topological polar surface area (TPSA) is 124 Å². The van der Waals surface area contributed by atoms with E-state index < -0.39 is 41.0 Å². The van der Waals surface area contributed by atoms with Gasteiger partial charge in [0.25, 0.3) is 0 Å². The van der Waals surface area contributed by atoms with Crippen molar-refractivity contribution in [2.24, 2.45) is 34.5 Å². The molecule has 1 amide bonds. The van der Waals surface area contributed by atoms with Crippen LogP contribution in [0.5, 0.6) is 0 Å². The summed E-state index contributed by atoms with van der Waals surface area (Å²) in [5, 5.41) is 31.5. The number of amides is 1. The lowest BCUT2D eigenvalue weighted by molar-refractivity contribution is -0.237. The molecule has 4 aliphatic carbocycles. The predicted octanol–water partition coefficient (Wildman–Crippen LogP) is 1.72. The Labute approximate surface area is 180 Å². The molecule has 8 heteroatoms. The van der Waals surface area contributed by atoms with Crippen molar-refractivity contribution in [1.29, 1.82) is 0 Å². The van der Waals surface area contributed by atoms with E-state index in [-0.39, 0.29) is 42.4 Å². The van der Waals surface area contributed by atoms with Crippen LogP contribution < -0.4 is 0 Å². The zero-order valence-corrected chi connectivity index (χ0v) is 17.8. The minimum absolute atomic E-state index is 0.0221. The average Bonchev–Trinajstić information content (AvgIpc) is 3.21. The van der Waals surface area contributed by atoms with Gasteiger partial charge in [0.05, 0.1) is 12.6 Å². The Kier molecular flexibility index (Phi) is 4.37. The van der Waals surface area contributed by atoms with Crippen LogP contribution in [0.1, 0.15) is 39.5 Å². The highest BCUT2D eigenvalue weighted by Crippen LogP contribution is 2.70. The van der Waals surface area contributed by atoms with Crippen molar-refractivity contribution in [2.45, 2.75) is 51.2 Å². The third-order valence-electron chi connectivity index (χ3n) is 9.26. The highest BCUT2D eigenvalue weighted by molar-refractivity contribution is 6.01. The summed E-state index contributed by atoms with van der Waals surface area (Å²) in [5.41, 5.74) is -1.62. The van der Waals surface area contributed by atoms with Crippen LogP contribution in [0.15, 0.2) is 23.8 Å². The Morgan fingerprint density at radius 2 is 2.06 bits per heavy atom. The van der Waals surface area contributed by atoms with Gasteiger partial charge in [0.15, 0.2) is 17.2 Å². The minimum atomic E-state index is -1.45. The van der Waals surface area contributed by atoms with E-state index in [0.717, 1.165) is 23.5 Å². The van der Waals surface area contributed by atoms with Gasteiger partial charge in [-0.15, -0.1) is 0 Å². The number of hydroxylamine groups is 2. The molecule has 8 atom stereocenters. The summed E-state index contributed by atoms with van der Waals surface area (Å²) in [4.78, 5) is 42.5. The van der Waals surface area contributed by atoms with Gasteiger partial charge in [0.1, 0.15) is 6.61 Å². The number of hydrogen-bond acceptors (Lipinski definition) is 6. The number of aliphatic hydroxyl groups excluding tert-OH is 2. The number of ketones is 2. The number of allylic oxidation sites excluding steroid dienone is 4. The van der Waals surface area contributed by atoms with E-state index >= 15 is 0 Å². The summed E-state index contributed by atoms with van der Waals surface area (Å²) in [6.07, 6.45) is 5.64. The van der Waals surface area contributed by atoms with Crippen LogP contribution in [0.2, 0.25) is 0 Å². The van der Waals surface area contributed by atoms with Gasteiger partial charge in [-0.1, -0.05) is 25.5 Å². The Bertz CT molecular complexity index is 927. The number of carbonyl (C=O) groups is 3. The second-order valence-corrected chi connectivity index (χ2v) is 10.4. The molecule has 0 bridgehead atoms. The average molecular weight is 431 g/mol. The first-order chi connectivity index (χ1) is 14.6. The van der Waals surface area contributed by atoms with Crippen molar-refractivity contribution >= 4 is 17.7 Å². The van der Waals surface area contributed by atoms with Gasteiger partial charge in [0, 0.05) is 22.7 Å². The zero-order chi connectivity index (χ0) is 22.3. The Balaban J connectivity index is 1.58. The first-order valence-corrected chi connectivity index (χ1v) is 11.0. The number of nitrogens with zero attached hydrogens (tertiary/aromatic N) is 1. The van der Waals surface area contributed by atoms with Crippen LogP contribution in [0.3, 0.4) is 0 Å². The van der Waals surface area contributed by atoms with Crippen molar-refractivity contribution < 1.29 is 34.5 Å². The van der Waals surface area contributed by atoms with E-state index in [1.807, 2.05) is 13.0 Å². The molecule has 8 nitrogen and oxygen atoms in total. The lowest BCUT2D eigenvalue weighted by atomic mass is 9.46. The lowest BCUT2D eigenvalue weighted by Gasteiger charge is -2.59. The molecule has 1 aliphatic heterocycles. The third-order valence-corrected chi connectivity index (χ3v) is 9.26. The number of hydrogen-bond donors (Lipinski definition) is 3. The van der Waals surface area contributed by atoms with Crippen molar-refractivity contribution in [2.75, 3.05) is 13.2 Å². The molecule has 0 radical (unpaired) electrons. The Morgan fingerprint density at radius 1 is 1.32 bits per heavy atom. The molecule has 1 heterocycles. The van der Waals surface area contributed by atoms with Crippen molar-refractivity contribution in [1.82, 2.24) is 5.06 Å². The van der Waals surface area contributed by atoms with Crippen molar-refractivity contribution in [3.05, 3.63) is 23.8 Å². The largest absolute Gasteiger partial charge is 0.463 e. The van der Waals surface area contributed by atoms with Crippen molar-refractivity contribution in [3.63, 3.8) is 0 Å². The van der Waals surface area contributed by atoms with E-state index in [9.17, 15) is 29.7 Å². The van der Waals surface area contributed by atoms with Crippen LogP contribution in [0, 0.1) is 34.5 Å². The van der Waals surface area contributed by atoms with E-state index in [4.69, 9.17) is 4.84 Å². The van der Waals surface area contributed by atoms with Crippen LogP contribution in [-0.4, -0.2) is 62.9 Å². The Morgan fingerprint density at radius 3 is 2.74 bits per heavy atom. The van der Waals surface area contributed by atoms with Gasteiger partial charge in [-0.3, -0.25) is 14.4 Å². The molecule has 5 rings (SSSR count). The summed E-state index contributed by atoms with van der Waals surface area (Å²) >= 11 is 0. The van der Waals surface area contributed by atoms with E-state index in [2.05, 4.69) is 6.92 Å². The summed E-state index contributed by atoms with van der Waals surface area (Å²) in [7, 11) is 0. The maximum Gasteiger partial charge on any atom is 0.431 e. The van der Waals surface area contributed by atoms with E-state index in [1.54, 1.807) is 12.2 Å². The number of rotatable bonds is 2. The number of aliphatic hydroxyl groups is 2. The molecular weight excluding hydrogens is 402 g/mol. The molecule has 1 saturated heterocycles. The third kappa shape index (κ3) is 2.44. The minimum Gasteiger partial charge on any atom is -0.463 e. The highest BCUT2D eigenvalue weighted by atomic mass is 16.7. The second kappa shape index (κ2) is 6.49. The molecule has 5 aliphatic rings. The first-order valence-electron chi connectivity index (χ1n) is 11.0. The van der Waals surface area contributed by atoms with Gasteiger partial charge in [0.2, 0.25) is 0 Å². The molecular formula is C23H29NO7. The van der Waals surface area contributed by atoms with Crippen LogP contribution in [-0.2, 0) is 14.4 Å². The van der Waals surface area contributed by atoms with Gasteiger partial charge >= 0.3 is 6.09 Å². The Hall–Kier alpha value is -2.03. The number of fused-ring (bicyclic) bond motifs is 7. The predicted molar refractivity (Wildman–Crippen MR) is 108 cm³/mol. The maximum absolute atomic E-state index is 13.1. The second-order valence-electron chi connectivity index (χ2n) is 10.4. The van der Waals surface area contributed by atoms with Crippen molar-refractivity contribution in [3.8, 4) is 0 Å². The zero-order valence-electron chi connectivity index (χ0n) is 17.8. The van der Waals surface area contributed by atoms with Gasteiger partial charge in [-0.05, 0) is 49.7 Å². The fourth-order valence-corrected chi connectivity index (χ4v) is 8.10. The molecule has 3 N–H and O–H groups in total. The van der Waals surface area contributed by atoms with E-state index in [1.165, 1.54) is 0 Å². The highest BCUT2D eigenvalue weighted by Gasteiger charge is 2.75. The van der Waals surface area contributed by atoms with Crippen LogP contribution >= 0.6 is 0 Å². The van der Waals surface area contributed by atoms with Gasteiger partial charge in [-0.25, -0.2) is 4.79 Å². The smallest absolute Gasteiger partial charge is 0.431 e. The van der Waals surface area contributed by atoms with Gasteiger partial charge in [-0.2, -0.15) is 5.06 Å². The molecule has 4 fully saturated rings. The summed E-state index contributed by atoms with van der Waals surface area (Å²) < 4.78 is 0.